The average Bonchev–Trinajstić information content (AvgIpc) is 3.06. The van der Waals surface area contributed by atoms with E-state index in [0.29, 0.717) is 35.1 Å². The highest BCUT2D eigenvalue weighted by Gasteiger charge is 2.27. The molecular weight excluding hydrogens is 330 g/mol. The summed E-state index contributed by atoms with van der Waals surface area (Å²) >= 11 is 0. The Balaban J connectivity index is 1.98. The lowest BCUT2D eigenvalue weighted by Crippen LogP contribution is -2.13. The molecule has 0 aliphatic carbocycles. The van der Waals surface area contributed by atoms with E-state index in [-0.39, 0.29) is 5.75 Å². The van der Waals surface area contributed by atoms with Gasteiger partial charge in [-0.15, -0.1) is 0 Å². The van der Waals surface area contributed by atoms with E-state index in [1.165, 1.54) is 0 Å². The summed E-state index contributed by atoms with van der Waals surface area (Å²) in [6.07, 6.45) is 0.768. The molecule has 1 aromatic heterocycles. The summed E-state index contributed by atoms with van der Waals surface area (Å²) in [7, 11) is 3.19. The molecule has 1 N–H and O–H groups in total. The summed E-state index contributed by atoms with van der Waals surface area (Å²) in [6.45, 7) is 0.663. The van der Waals surface area contributed by atoms with E-state index in [2.05, 4.69) is 11.1 Å². The van der Waals surface area contributed by atoms with E-state index in [9.17, 15) is 10.4 Å². The van der Waals surface area contributed by atoms with Gasteiger partial charge in [0.15, 0.2) is 17.2 Å². The number of aromatic hydroxyl groups is 1. The number of methoxy groups -OCH3 is 2. The molecule has 1 aliphatic heterocycles. The third-order valence-electron chi connectivity index (χ3n) is 4.69. The second-order valence-corrected chi connectivity index (χ2v) is 6.03. The van der Waals surface area contributed by atoms with Crippen molar-refractivity contribution in [1.82, 2.24) is 9.55 Å². The third-order valence-corrected chi connectivity index (χ3v) is 4.69. The molecule has 0 atom stereocenters. The molecule has 6 nitrogen and oxygen atoms in total. The monoisotopic (exact) mass is 347 g/mol. The summed E-state index contributed by atoms with van der Waals surface area (Å²) in [5, 5.41) is 19.9. The van der Waals surface area contributed by atoms with Crippen LogP contribution in [-0.2, 0) is 13.0 Å². The Bertz CT molecular complexity index is 1050. The van der Waals surface area contributed by atoms with Gasteiger partial charge in [0.2, 0.25) is 0 Å². The number of fused-ring (bicyclic) bond motifs is 3. The molecule has 0 amide bonds. The van der Waals surface area contributed by atoms with Gasteiger partial charge < -0.3 is 19.1 Å². The molecule has 2 heterocycles. The Morgan fingerprint density at radius 2 is 1.85 bits per heavy atom. The van der Waals surface area contributed by atoms with Gasteiger partial charge in [-0.3, -0.25) is 0 Å². The van der Waals surface area contributed by atoms with Crippen LogP contribution in [0.5, 0.6) is 17.2 Å². The number of rotatable bonds is 3. The van der Waals surface area contributed by atoms with Gasteiger partial charge in [-0.1, -0.05) is 12.1 Å². The molecule has 0 saturated carbocycles. The minimum Gasteiger partial charge on any atom is -0.507 e. The Hall–Kier alpha value is -3.46. The van der Waals surface area contributed by atoms with Crippen molar-refractivity contribution < 1.29 is 14.6 Å². The fraction of sp³-hybridized carbons (Fsp3) is 0.200. The first kappa shape index (κ1) is 16.0. The van der Waals surface area contributed by atoms with Crippen molar-refractivity contribution in [2.24, 2.45) is 0 Å². The number of phenolic OH excluding ortho intramolecular Hbond substituents is 1. The number of aryl methyl sites for hydroxylation is 1. The maximum absolute atomic E-state index is 10.2. The fourth-order valence-corrected chi connectivity index (χ4v) is 3.47. The SMILES string of the molecule is COc1cc2c(cc1OC)-c1c(C#N)nc(-c3ccccc3O)n1CC2. The molecule has 130 valence electrons. The zero-order valence-electron chi connectivity index (χ0n) is 14.5. The zero-order valence-corrected chi connectivity index (χ0v) is 14.5. The number of hydrogen-bond donors (Lipinski definition) is 1. The first-order valence-electron chi connectivity index (χ1n) is 8.22. The quantitative estimate of drug-likeness (QED) is 0.786. The normalized spacial score (nSPS) is 12.0. The topological polar surface area (TPSA) is 80.3 Å². The molecule has 0 saturated heterocycles. The van der Waals surface area contributed by atoms with Crippen LogP contribution in [0.1, 0.15) is 11.3 Å². The highest BCUT2D eigenvalue weighted by atomic mass is 16.5. The fourth-order valence-electron chi connectivity index (χ4n) is 3.47. The Kier molecular flexibility index (Phi) is 3.77. The number of benzene rings is 2. The van der Waals surface area contributed by atoms with Crippen LogP contribution < -0.4 is 9.47 Å². The van der Waals surface area contributed by atoms with Crippen molar-refractivity contribution in [3.8, 4) is 46.0 Å². The molecule has 3 aromatic rings. The Labute approximate surface area is 150 Å². The first-order valence-corrected chi connectivity index (χ1v) is 8.22. The smallest absolute Gasteiger partial charge is 0.167 e. The minimum absolute atomic E-state index is 0.142. The van der Waals surface area contributed by atoms with Gasteiger partial charge >= 0.3 is 0 Å². The van der Waals surface area contributed by atoms with Crippen LogP contribution in [0.25, 0.3) is 22.6 Å². The lowest BCUT2D eigenvalue weighted by molar-refractivity contribution is 0.354. The van der Waals surface area contributed by atoms with Gasteiger partial charge in [0.25, 0.3) is 0 Å². The van der Waals surface area contributed by atoms with Gasteiger partial charge in [-0.2, -0.15) is 5.26 Å². The van der Waals surface area contributed by atoms with Crippen molar-refractivity contribution in [1.29, 1.82) is 5.26 Å². The summed E-state index contributed by atoms with van der Waals surface area (Å²) in [6, 6.07) is 13.0. The third kappa shape index (κ3) is 2.29. The van der Waals surface area contributed by atoms with Gasteiger partial charge in [0, 0.05) is 12.1 Å². The van der Waals surface area contributed by atoms with Crippen LogP contribution in [0.4, 0.5) is 0 Å². The molecule has 0 spiro atoms. The minimum atomic E-state index is 0.142. The summed E-state index contributed by atoms with van der Waals surface area (Å²) in [4.78, 5) is 4.51. The number of phenols is 1. The first-order chi connectivity index (χ1) is 12.7. The van der Waals surface area contributed by atoms with Crippen molar-refractivity contribution in [2.75, 3.05) is 14.2 Å². The molecule has 0 radical (unpaired) electrons. The molecule has 2 aromatic carbocycles. The Morgan fingerprint density at radius 1 is 1.12 bits per heavy atom. The van der Waals surface area contributed by atoms with E-state index in [4.69, 9.17) is 9.47 Å². The lowest BCUT2D eigenvalue weighted by atomic mass is 9.96. The molecule has 0 fully saturated rings. The predicted molar refractivity (Wildman–Crippen MR) is 96.3 cm³/mol. The number of nitriles is 1. The Morgan fingerprint density at radius 3 is 2.54 bits per heavy atom. The van der Waals surface area contributed by atoms with Gasteiger partial charge in [-0.25, -0.2) is 4.98 Å². The van der Waals surface area contributed by atoms with E-state index in [0.717, 1.165) is 23.2 Å². The van der Waals surface area contributed by atoms with Crippen LogP contribution in [-0.4, -0.2) is 28.9 Å². The molecule has 6 heteroatoms. The lowest BCUT2D eigenvalue weighted by Gasteiger charge is -2.22. The number of imidazole rings is 1. The zero-order chi connectivity index (χ0) is 18.3. The molecule has 4 rings (SSSR count). The van der Waals surface area contributed by atoms with Crippen LogP contribution in [0, 0.1) is 11.3 Å². The highest BCUT2D eigenvalue weighted by Crippen LogP contribution is 2.42. The number of para-hydroxylation sites is 1. The average molecular weight is 347 g/mol. The maximum Gasteiger partial charge on any atom is 0.167 e. The van der Waals surface area contributed by atoms with Gasteiger partial charge in [-0.05, 0) is 36.2 Å². The molecular formula is C20H17N3O3. The summed E-state index contributed by atoms with van der Waals surface area (Å²) in [5.74, 6) is 2.01. The standard InChI is InChI=1S/C20H17N3O3/c1-25-17-9-12-7-8-23-19(14(12)10-18(17)26-2)15(11-21)22-20(23)13-5-3-4-6-16(13)24/h3-6,9-10,24H,7-8H2,1-2H3. The van der Waals surface area contributed by atoms with E-state index >= 15 is 0 Å². The van der Waals surface area contributed by atoms with Crippen LogP contribution in [0.3, 0.4) is 0 Å². The maximum atomic E-state index is 10.2. The van der Waals surface area contributed by atoms with Crippen molar-refractivity contribution in [3.63, 3.8) is 0 Å². The molecule has 0 unspecified atom stereocenters. The molecule has 26 heavy (non-hydrogen) atoms. The largest absolute Gasteiger partial charge is 0.507 e. The van der Waals surface area contributed by atoms with E-state index in [1.54, 1.807) is 32.4 Å². The number of nitrogens with zero attached hydrogens (tertiary/aromatic N) is 3. The van der Waals surface area contributed by atoms with Crippen molar-refractivity contribution >= 4 is 0 Å². The highest BCUT2D eigenvalue weighted by molar-refractivity contribution is 5.78. The summed E-state index contributed by atoms with van der Waals surface area (Å²) in [5.41, 5.74) is 3.67. The van der Waals surface area contributed by atoms with Crippen LogP contribution in [0.2, 0.25) is 0 Å². The van der Waals surface area contributed by atoms with E-state index in [1.807, 2.05) is 22.8 Å². The van der Waals surface area contributed by atoms with E-state index < -0.39 is 0 Å². The molecule has 0 bridgehead atoms. The number of hydrogen-bond acceptors (Lipinski definition) is 5. The molecule has 1 aliphatic rings. The second-order valence-electron chi connectivity index (χ2n) is 6.03. The summed E-state index contributed by atoms with van der Waals surface area (Å²) < 4.78 is 12.8. The second kappa shape index (κ2) is 6.12. The van der Waals surface area contributed by atoms with Gasteiger partial charge in [0.1, 0.15) is 17.6 Å². The van der Waals surface area contributed by atoms with Crippen molar-refractivity contribution in [3.05, 3.63) is 47.7 Å². The van der Waals surface area contributed by atoms with Crippen LogP contribution in [0.15, 0.2) is 36.4 Å². The van der Waals surface area contributed by atoms with Crippen LogP contribution >= 0.6 is 0 Å². The van der Waals surface area contributed by atoms with Gasteiger partial charge in [0.05, 0.1) is 25.5 Å². The number of ether oxygens (including phenoxy) is 2. The number of aromatic nitrogens is 2. The predicted octanol–water partition coefficient (Wildman–Crippen LogP) is 3.37. The van der Waals surface area contributed by atoms with Crippen molar-refractivity contribution in [2.45, 2.75) is 13.0 Å².